The fourth-order valence-corrected chi connectivity index (χ4v) is 2.62. The van der Waals surface area contributed by atoms with Crippen molar-refractivity contribution < 1.29 is 19.1 Å². The van der Waals surface area contributed by atoms with Gasteiger partial charge in [0.2, 0.25) is 0 Å². The van der Waals surface area contributed by atoms with Crippen molar-refractivity contribution in [2.75, 3.05) is 11.9 Å². The van der Waals surface area contributed by atoms with Crippen molar-refractivity contribution in [3.8, 4) is 0 Å². The summed E-state index contributed by atoms with van der Waals surface area (Å²) >= 11 is 0. The monoisotopic (exact) mass is 337 g/mol. The molecule has 5 nitrogen and oxygen atoms in total. The second-order valence-corrected chi connectivity index (χ2v) is 6.22. The summed E-state index contributed by atoms with van der Waals surface area (Å²) in [5, 5.41) is 2.65. The highest BCUT2D eigenvalue weighted by Gasteiger charge is 2.40. The van der Waals surface area contributed by atoms with Gasteiger partial charge in [0, 0.05) is 11.1 Å². The van der Waals surface area contributed by atoms with Crippen LogP contribution in [0.15, 0.2) is 54.6 Å². The van der Waals surface area contributed by atoms with Crippen molar-refractivity contribution in [3.05, 3.63) is 65.7 Å². The van der Waals surface area contributed by atoms with Crippen LogP contribution < -0.4 is 5.32 Å². The molecular formula is C20H19NO4. The summed E-state index contributed by atoms with van der Waals surface area (Å²) in [7, 11) is 0. The summed E-state index contributed by atoms with van der Waals surface area (Å²) < 4.78 is 5.02. The number of hydrogen-bond donors (Lipinski definition) is 1. The minimum absolute atomic E-state index is 0.0836. The Morgan fingerprint density at radius 2 is 1.68 bits per heavy atom. The van der Waals surface area contributed by atoms with E-state index in [1.807, 2.05) is 13.0 Å². The molecule has 3 rings (SSSR count). The Balaban J connectivity index is 1.65. The third-order valence-electron chi connectivity index (χ3n) is 4.24. The molecule has 2 atom stereocenters. The van der Waals surface area contributed by atoms with E-state index in [9.17, 15) is 14.4 Å². The zero-order chi connectivity index (χ0) is 17.8. The van der Waals surface area contributed by atoms with Crippen LogP contribution in [0.3, 0.4) is 0 Å². The molecule has 1 aliphatic rings. The van der Waals surface area contributed by atoms with Crippen LogP contribution >= 0.6 is 0 Å². The number of rotatable bonds is 6. The van der Waals surface area contributed by atoms with E-state index in [-0.39, 0.29) is 24.3 Å². The highest BCUT2D eigenvalue weighted by Crippen LogP contribution is 2.38. The summed E-state index contributed by atoms with van der Waals surface area (Å²) in [6.45, 7) is 1.62. The van der Waals surface area contributed by atoms with Gasteiger partial charge >= 0.3 is 5.97 Å². The summed E-state index contributed by atoms with van der Waals surface area (Å²) in [5.41, 5.74) is 1.33. The van der Waals surface area contributed by atoms with Gasteiger partial charge in [-0.1, -0.05) is 49.4 Å². The Hall–Kier alpha value is -2.95. The van der Waals surface area contributed by atoms with Gasteiger partial charge in [0.1, 0.15) is 0 Å². The molecule has 1 aliphatic carbocycles. The fourth-order valence-electron chi connectivity index (χ4n) is 2.62. The number of ether oxygens (including phenoxy) is 1. The van der Waals surface area contributed by atoms with E-state index in [4.69, 9.17) is 4.74 Å². The molecule has 0 saturated heterocycles. The maximum Gasteiger partial charge on any atom is 0.309 e. The second kappa shape index (κ2) is 7.30. The van der Waals surface area contributed by atoms with Gasteiger partial charge in [-0.25, -0.2) is 0 Å². The van der Waals surface area contributed by atoms with Crippen molar-refractivity contribution in [1.82, 2.24) is 0 Å². The smallest absolute Gasteiger partial charge is 0.309 e. The van der Waals surface area contributed by atoms with E-state index in [1.54, 1.807) is 48.5 Å². The van der Waals surface area contributed by atoms with Gasteiger partial charge in [0.15, 0.2) is 12.4 Å². The van der Waals surface area contributed by atoms with E-state index in [2.05, 4.69) is 5.32 Å². The average Bonchev–Trinajstić information content (AvgIpc) is 3.37. The summed E-state index contributed by atoms with van der Waals surface area (Å²) in [6, 6.07) is 15.6. The molecule has 0 aromatic heterocycles. The number of nitrogens with one attached hydrogen (secondary N) is 1. The van der Waals surface area contributed by atoms with Crippen LogP contribution in [0.4, 0.5) is 5.69 Å². The highest BCUT2D eigenvalue weighted by atomic mass is 16.5. The lowest BCUT2D eigenvalue weighted by Crippen LogP contribution is -2.22. The van der Waals surface area contributed by atoms with Gasteiger partial charge in [0.05, 0.1) is 11.6 Å². The molecule has 0 spiro atoms. The van der Waals surface area contributed by atoms with Crippen molar-refractivity contribution in [2.45, 2.75) is 13.3 Å². The zero-order valence-corrected chi connectivity index (χ0v) is 13.9. The standard InChI is InChI=1S/C20H19NO4/c1-13-11-16(13)20(24)25-12-18(22)21-17-10-6-5-9-15(17)19(23)14-7-3-2-4-8-14/h2-10,13,16H,11-12H2,1H3,(H,21,22)/t13-,16+/m0/s1. The molecule has 0 unspecified atom stereocenters. The Bertz CT molecular complexity index is 800. The van der Waals surface area contributed by atoms with Crippen molar-refractivity contribution in [1.29, 1.82) is 0 Å². The first kappa shape index (κ1) is 16.9. The van der Waals surface area contributed by atoms with Crippen LogP contribution in [0.1, 0.15) is 29.3 Å². The van der Waals surface area contributed by atoms with Crippen LogP contribution in [-0.4, -0.2) is 24.3 Å². The van der Waals surface area contributed by atoms with Gasteiger partial charge in [-0.2, -0.15) is 0 Å². The fraction of sp³-hybridized carbons (Fsp3) is 0.250. The maximum atomic E-state index is 12.6. The van der Waals surface area contributed by atoms with Crippen molar-refractivity contribution in [3.63, 3.8) is 0 Å². The predicted octanol–water partition coefficient (Wildman–Crippen LogP) is 3.06. The molecule has 25 heavy (non-hydrogen) atoms. The SMILES string of the molecule is C[C@H]1C[C@H]1C(=O)OCC(=O)Nc1ccccc1C(=O)c1ccccc1. The number of anilines is 1. The number of benzene rings is 2. The van der Waals surface area contributed by atoms with E-state index >= 15 is 0 Å². The minimum atomic E-state index is -0.463. The van der Waals surface area contributed by atoms with Crippen LogP contribution in [0.25, 0.3) is 0 Å². The molecular weight excluding hydrogens is 318 g/mol. The number of esters is 1. The van der Waals surface area contributed by atoms with Crippen LogP contribution in [0.2, 0.25) is 0 Å². The molecule has 2 aromatic rings. The van der Waals surface area contributed by atoms with E-state index in [0.717, 1.165) is 6.42 Å². The molecule has 0 heterocycles. The molecule has 0 radical (unpaired) electrons. The third kappa shape index (κ3) is 4.12. The lowest BCUT2D eigenvalue weighted by molar-refractivity contribution is -0.148. The highest BCUT2D eigenvalue weighted by molar-refractivity contribution is 6.13. The lowest BCUT2D eigenvalue weighted by Gasteiger charge is -2.11. The molecule has 1 saturated carbocycles. The first-order valence-corrected chi connectivity index (χ1v) is 8.21. The van der Waals surface area contributed by atoms with Crippen LogP contribution in [0, 0.1) is 11.8 Å². The summed E-state index contributed by atoms with van der Waals surface area (Å²) in [6.07, 6.45) is 0.814. The van der Waals surface area contributed by atoms with Gasteiger partial charge in [0.25, 0.3) is 5.91 Å². The lowest BCUT2D eigenvalue weighted by atomic mass is 10.0. The van der Waals surface area contributed by atoms with Crippen LogP contribution in [0.5, 0.6) is 0 Å². The third-order valence-corrected chi connectivity index (χ3v) is 4.24. The Labute approximate surface area is 146 Å². The zero-order valence-electron chi connectivity index (χ0n) is 13.9. The molecule has 1 N–H and O–H groups in total. The molecule has 1 amide bonds. The predicted molar refractivity (Wildman–Crippen MR) is 93.2 cm³/mol. The minimum Gasteiger partial charge on any atom is -0.455 e. The van der Waals surface area contributed by atoms with Gasteiger partial charge in [-0.15, -0.1) is 0 Å². The van der Waals surface area contributed by atoms with E-state index in [0.29, 0.717) is 22.7 Å². The summed E-state index contributed by atoms with van der Waals surface area (Å²) in [5.74, 6) is -0.730. The largest absolute Gasteiger partial charge is 0.455 e. The van der Waals surface area contributed by atoms with Gasteiger partial charge in [-0.05, 0) is 24.5 Å². The number of hydrogen-bond acceptors (Lipinski definition) is 4. The Morgan fingerprint density at radius 1 is 1.04 bits per heavy atom. The quantitative estimate of drug-likeness (QED) is 0.649. The number of carbonyl (C=O) groups excluding carboxylic acids is 3. The number of ketones is 1. The molecule has 0 bridgehead atoms. The average molecular weight is 337 g/mol. The number of amides is 1. The molecule has 2 aromatic carbocycles. The number of para-hydroxylation sites is 1. The maximum absolute atomic E-state index is 12.6. The Kier molecular flexibility index (Phi) is 4.93. The first-order chi connectivity index (χ1) is 12.1. The first-order valence-electron chi connectivity index (χ1n) is 8.21. The van der Waals surface area contributed by atoms with Crippen molar-refractivity contribution >= 4 is 23.3 Å². The topological polar surface area (TPSA) is 72.5 Å². The second-order valence-electron chi connectivity index (χ2n) is 6.22. The van der Waals surface area contributed by atoms with Gasteiger partial charge < -0.3 is 10.1 Å². The van der Waals surface area contributed by atoms with Gasteiger partial charge in [-0.3, -0.25) is 14.4 Å². The van der Waals surface area contributed by atoms with Crippen LogP contribution in [-0.2, 0) is 14.3 Å². The molecule has 5 heteroatoms. The van der Waals surface area contributed by atoms with E-state index < -0.39 is 5.91 Å². The molecule has 128 valence electrons. The normalized spacial score (nSPS) is 18.3. The Morgan fingerprint density at radius 3 is 2.36 bits per heavy atom. The molecule has 1 fully saturated rings. The van der Waals surface area contributed by atoms with Crippen molar-refractivity contribution in [2.24, 2.45) is 11.8 Å². The molecule has 0 aliphatic heterocycles. The number of carbonyl (C=O) groups is 3. The van der Waals surface area contributed by atoms with E-state index in [1.165, 1.54) is 0 Å². The summed E-state index contributed by atoms with van der Waals surface area (Å²) in [4.78, 5) is 36.3.